The molecule has 2 aromatic carbocycles. The van der Waals surface area contributed by atoms with Crippen LogP contribution in [-0.4, -0.2) is 77.2 Å². The second-order valence-electron chi connectivity index (χ2n) is 11.3. The van der Waals surface area contributed by atoms with E-state index < -0.39 is 17.5 Å². The Morgan fingerprint density at radius 3 is 2.17 bits per heavy atom. The zero-order chi connectivity index (χ0) is 29.0. The molecule has 2 aliphatic rings. The van der Waals surface area contributed by atoms with Gasteiger partial charge in [0.2, 0.25) is 5.91 Å². The molecule has 0 radical (unpaired) electrons. The zero-order valence-corrected chi connectivity index (χ0v) is 24.2. The smallest absolute Gasteiger partial charge is 0.415 e. The lowest BCUT2D eigenvalue weighted by Crippen LogP contribution is -2.47. The van der Waals surface area contributed by atoms with E-state index in [1.54, 1.807) is 21.9 Å². The number of nitrogens with zero attached hydrogens (tertiary/aromatic N) is 3. The maximum atomic E-state index is 13.7. The molecule has 2 aromatic rings. The maximum Gasteiger partial charge on any atom is 0.415 e. The standard InChI is InChI=1S/C30H37ClFN3O5/c1-5-35(29(38)39-24-12-10-23(32)11-13-24)26-19-34(18-25(26)20-6-8-22(31)9-7-20)27(36)21-14-16-33(17-15-21)28(37)40-30(2,3)4/h6-13,21,25-26H,5,14-19H2,1-4H3/t25-,26+/m1/s1. The molecule has 2 fully saturated rings. The monoisotopic (exact) mass is 573 g/mol. The van der Waals surface area contributed by atoms with E-state index in [9.17, 15) is 18.8 Å². The van der Waals surface area contributed by atoms with E-state index in [-0.39, 0.29) is 35.6 Å². The van der Waals surface area contributed by atoms with Crippen molar-refractivity contribution in [3.63, 3.8) is 0 Å². The zero-order valence-electron chi connectivity index (χ0n) is 23.4. The molecule has 2 atom stereocenters. The van der Waals surface area contributed by atoms with E-state index in [0.717, 1.165) is 5.56 Å². The van der Waals surface area contributed by atoms with Crippen LogP contribution >= 0.6 is 11.6 Å². The van der Waals surface area contributed by atoms with Gasteiger partial charge in [-0.1, -0.05) is 23.7 Å². The summed E-state index contributed by atoms with van der Waals surface area (Å²) in [7, 11) is 0. The van der Waals surface area contributed by atoms with Gasteiger partial charge in [0.1, 0.15) is 17.2 Å². The lowest BCUT2D eigenvalue weighted by atomic mass is 9.93. The summed E-state index contributed by atoms with van der Waals surface area (Å²) in [4.78, 5) is 44.5. The Morgan fingerprint density at radius 1 is 0.975 bits per heavy atom. The molecule has 0 N–H and O–H groups in total. The number of piperidine rings is 1. The molecular weight excluding hydrogens is 537 g/mol. The number of halogens is 2. The van der Waals surface area contributed by atoms with E-state index in [1.807, 2.05) is 44.7 Å². The molecule has 0 aromatic heterocycles. The van der Waals surface area contributed by atoms with Crippen LogP contribution in [0.15, 0.2) is 48.5 Å². The van der Waals surface area contributed by atoms with Crippen molar-refractivity contribution in [2.75, 3.05) is 32.7 Å². The third-order valence-corrected chi connectivity index (χ3v) is 7.64. The summed E-state index contributed by atoms with van der Waals surface area (Å²) < 4.78 is 24.4. The number of benzene rings is 2. The van der Waals surface area contributed by atoms with Gasteiger partial charge in [-0.3, -0.25) is 4.79 Å². The van der Waals surface area contributed by atoms with Crippen molar-refractivity contribution in [1.82, 2.24) is 14.7 Å². The Morgan fingerprint density at radius 2 is 1.60 bits per heavy atom. The third-order valence-electron chi connectivity index (χ3n) is 7.39. The van der Waals surface area contributed by atoms with Gasteiger partial charge < -0.3 is 24.2 Å². The van der Waals surface area contributed by atoms with Gasteiger partial charge in [-0.2, -0.15) is 0 Å². The normalized spacial score (nSPS) is 19.9. The molecule has 2 saturated heterocycles. The van der Waals surface area contributed by atoms with Gasteiger partial charge in [-0.15, -0.1) is 0 Å². The van der Waals surface area contributed by atoms with Crippen LogP contribution < -0.4 is 4.74 Å². The molecule has 2 aliphatic heterocycles. The van der Waals surface area contributed by atoms with E-state index >= 15 is 0 Å². The van der Waals surface area contributed by atoms with E-state index in [4.69, 9.17) is 21.1 Å². The van der Waals surface area contributed by atoms with Crippen molar-refractivity contribution in [1.29, 1.82) is 0 Å². The lowest BCUT2D eigenvalue weighted by molar-refractivity contribution is -0.136. The van der Waals surface area contributed by atoms with Crippen molar-refractivity contribution < 1.29 is 28.2 Å². The highest BCUT2D eigenvalue weighted by atomic mass is 35.5. The number of likely N-dealkylation sites (N-methyl/N-ethyl adjacent to an activating group) is 1. The first-order valence-corrected chi connectivity index (χ1v) is 14.1. The summed E-state index contributed by atoms with van der Waals surface area (Å²) in [5, 5.41) is 0.603. The largest absolute Gasteiger partial charge is 0.444 e. The number of ether oxygens (including phenoxy) is 2. The van der Waals surface area contributed by atoms with Crippen LogP contribution in [0.25, 0.3) is 0 Å². The second-order valence-corrected chi connectivity index (χ2v) is 11.8. The van der Waals surface area contributed by atoms with Crippen LogP contribution in [0, 0.1) is 11.7 Å². The van der Waals surface area contributed by atoms with Gasteiger partial charge in [-0.25, -0.2) is 14.0 Å². The molecular formula is C30H37ClFN3O5. The molecule has 8 nitrogen and oxygen atoms in total. The Kier molecular flexibility index (Phi) is 9.23. The number of likely N-dealkylation sites (tertiary alicyclic amines) is 2. The summed E-state index contributed by atoms with van der Waals surface area (Å²) in [6, 6.07) is 12.4. The molecule has 2 heterocycles. The van der Waals surface area contributed by atoms with Crippen LogP contribution in [0.3, 0.4) is 0 Å². The molecule has 40 heavy (non-hydrogen) atoms. The second kappa shape index (κ2) is 12.5. The van der Waals surface area contributed by atoms with Gasteiger partial charge in [0.05, 0.1) is 6.04 Å². The van der Waals surface area contributed by atoms with Crippen LogP contribution in [0.2, 0.25) is 5.02 Å². The van der Waals surface area contributed by atoms with E-state index in [0.29, 0.717) is 50.6 Å². The van der Waals surface area contributed by atoms with Crippen LogP contribution in [0.1, 0.15) is 52.0 Å². The van der Waals surface area contributed by atoms with Gasteiger partial charge in [0.25, 0.3) is 0 Å². The fraction of sp³-hybridized carbons (Fsp3) is 0.500. The van der Waals surface area contributed by atoms with E-state index in [1.165, 1.54) is 24.3 Å². The Bertz CT molecular complexity index is 1190. The molecule has 216 valence electrons. The van der Waals surface area contributed by atoms with E-state index in [2.05, 4.69) is 0 Å². The maximum absolute atomic E-state index is 13.7. The topological polar surface area (TPSA) is 79.4 Å². The molecule has 0 bridgehead atoms. The summed E-state index contributed by atoms with van der Waals surface area (Å²) in [6.07, 6.45) is 0.183. The highest BCUT2D eigenvalue weighted by Crippen LogP contribution is 2.34. The number of carbonyl (C=O) groups excluding carboxylic acids is 3. The molecule has 0 unspecified atom stereocenters. The predicted octanol–water partition coefficient (Wildman–Crippen LogP) is 5.94. The van der Waals surface area contributed by atoms with Gasteiger partial charge in [0, 0.05) is 49.6 Å². The number of amides is 3. The third kappa shape index (κ3) is 7.24. The first kappa shape index (κ1) is 29.6. The minimum atomic E-state index is -0.575. The SMILES string of the molecule is CCN(C(=O)Oc1ccc(F)cc1)[C@H]1CN(C(=O)C2CCN(C(=O)OC(C)(C)C)CC2)C[C@@H]1c1ccc(Cl)cc1. The lowest BCUT2D eigenvalue weighted by Gasteiger charge is -2.34. The molecule has 10 heteroatoms. The Labute approximate surface area is 240 Å². The highest BCUT2D eigenvalue weighted by molar-refractivity contribution is 6.30. The summed E-state index contributed by atoms with van der Waals surface area (Å²) >= 11 is 6.13. The fourth-order valence-corrected chi connectivity index (χ4v) is 5.50. The van der Waals surface area contributed by atoms with Crippen molar-refractivity contribution in [2.24, 2.45) is 5.92 Å². The van der Waals surface area contributed by atoms with Crippen molar-refractivity contribution in [2.45, 2.75) is 58.1 Å². The summed E-state index contributed by atoms with van der Waals surface area (Å²) in [5.74, 6) is -0.519. The molecule has 0 spiro atoms. The van der Waals surface area contributed by atoms with Crippen molar-refractivity contribution in [3.05, 3.63) is 64.9 Å². The highest BCUT2D eigenvalue weighted by Gasteiger charge is 2.43. The molecule has 0 aliphatic carbocycles. The Hall–Kier alpha value is -3.33. The number of hydrogen-bond donors (Lipinski definition) is 0. The summed E-state index contributed by atoms with van der Waals surface area (Å²) in [5.41, 5.74) is 0.394. The van der Waals surface area contributed by atoms with Gasteiger partial charge in [-0.05, 0) is 82.5 Å². The van der Waals surface area contributed by atoms with Gasteiger partial charge >= 0.3 is 12.2 Å². The number of hydrogen-bond acceptors (Lipinski definition) is 5. The van der Waals surface area contributed by atoms with Crippen LogP contribution in [0.5, 0.6) is 5.75 Å². The first-order chi connectivity index (χ1) is 18.9. The Balaban J connectivity index is 1.48. The molecule has 4 rings (SSSR count). The minimum Gasteiger partial charge on any atom is -0.444 e. The summed E-state index contributed by atoms with van der Waals surface area (Å²) in [6.45, 7) is 9.42. The van der Waals surface area contributed by atoms with Crippen LogP contribution in [-0.2, 0) is 9.53 Å². The van der Waals surface area contributed by atoms with Crippen molar-refractivity contribution >= 4 is 29.7 Å². The van der Waals surface area contributed by atoms with Crippen molar-refractivity contribution in [3.8, 4) is 5.75 Å². The average Bonchev–Trinajstić information content (AvgIpc) is 3.34. The van der Waals surface area contributed by atoms with Crippen LogP contribution in [0.4, 0.5) is 14.0 Å². The molecule has 0 saturated carbocycles. The predicted molar refractivity (Wildman–Crippen MR) is 150 cm³/mol. The number of carbonyl (C=O) groups is 3. The quantitative estimate of drug-likeness (QED) is 0.442. The fourth-order valence-electron chi connectivity index (χ4n) is 5.37. The minimum absolute atomic E-state index is 0.0215. The average molecular weight is 574 g/mol. The first-order valence-electron chi connectivity index (χ1n) is 13.7. The van der Waals surface area contributed by atoms with Gasteiger partial charge in [0.15, 0.2) is 0 Å². The number of rotatable bonds is 5. The molecule has 3 amide bonds.